The molecular weight excluding hydrogens is 139 g/mol. The maximum atomic E-state index is 5.76. The lowest BCUT2D eigenvalue weighted by Gasteiger charge is -2.41. The molecule has 0 bridgehead atoms. The first-order chi connectivity index (χ1) is 5.31. The van der Waals surface area contributed by atoms with Gasteiger partial charge >= 0.3 is 0 Å². The van der Waals surface area contributed by atoms with Crippen LogP contribution in [0.15, 0.2) is 0 Å². The highest BCUT2D eigenvalue weighted by atomic mass is 14.2. The van der Waals surface area contributed by atoms with Crippen molar-refractivity contribution in [3.8, 4) is 0 Å². The lowest BCUT2D eigenvalue weighted by molar-refractivity contribution is 0.561. The molecule has 0 aliphatic rings. The van der Waals surface area contributed by atoms with Crippen molar-refractivity contribution < 1.29 is 0 Å². The average molecular weight is 153 g/mol. The Kier molecular flexibility index (Phi) is 4.58. The minimum Gasteiger partial charge on any atom is -0.111 e. The fourth-order valence-electron chi connectivity index (χ4n) is 0.937. The Morgan fingerprint density at radius 3 is 1.83 bits per heavy atom. The minimum absolute atomic E-state index is 0.671. The molecule has 0 aliphatic carbocycles. The summed E-state index contributed by atoms with van der Waals surface area (Å²) in [4.78, 5) is 0. The lowest BCUT2D eigenvalue weighted by Crippen LogP contribution is -2.29. The molecule has 0 N–H and O–H groups in total. The van der Waals surface area contributed by atoms with Gasteiger partial charge < -0.3 is 0 Å². The molecule has 0 aromatic carbocycles. The van der Waals surface area contributed by atoms with Crippen molar-refractivity contribution >= 4 is 31.4 Å². The quantitative estimate of drug-likeness (QED) is 0.415. The Bertz CT molecular complexity index is 126. The summed E-state index contributed by atoms with van der Waals surface area (Å²) in [5.41, 5.74) is 0. The van der Waals surface area contributed by atoms with E-state index in [1.807, 2.05) is 0 Å². The second-order valence-corrected chi connectivity index (χ2v) is 3.78. The molecule has 0 aromatic rings. The highest BCUT2D eigenvalue weighted by molar-refractivity contribution is 6.53. The second kappa shape index (κ2) is 4.48. The van der Waals surface area contributed by atoms with E-state index in [1.54, 1.807) is 6.92 Å². The molecule has 0 spiro atoms. The van der Waals surface area contributed by atoms with Crippen LogP contribution in [0.1, 0.15) is 39.5 Å². The number of hydrogen-bond acceptors (Lipinski definition) is 0. The van der Waals surface area contributed by atoms with Crippen molar-refractivity contribution in [2.45, 2.75) is 50.0 Å². The van der Waals surface area contributed by atoms with Crippen molar-refractivity contribution in [1.82, 2.24) is 0 Å². The van der Waals surface area contributed by atoms with Crippen molar-refractivity contribution in [1.29, 1.82) is 0 Å². The molecule has 0 atom stereocenters. The van der Waals surface area contributed by atoms with Crippen LogP contribution >= 0.6 is 0 Å². The summed E-state index contributed by atoms with van der Waals surface area (Å²) in [6.45, 7) is 3.78. The lowest BCUT2D eigenvalue weighted by atomic mass is 9.29. The zero-order valence-electron chi connectivity index (χ0n) is 8.14. The third kappa shape index (κ3) is 3.78. The molecule has 0 heterocycles. The van der Waals surface area contributed by atoms with Gasteiger partial charge in [0.1, 0.15) is 0 Å². The average Bonchev–Trinajstić information content (AvgIpc) is 1.85. The van der Waals surface area contributed by atoms with E-state index >= 15 is 0 Å². The van der Waals surface area contributed by atoms with E-state index in [0.717, 1.165) is 19.3 Å². The Labute approximate surface area is 81.9 Å². The topological polar surface area (TPSA) is 0 Å². The van der Waals surface area contributed by atoms with Crippen molar-refractivity contribution in [3.63, 3.8) is 0 Å². The van der Waals surface area contributed by atoms with Gasteiger partial charge in [-0.25, -0.2) is 0 Å². The Morgan fingerprint density at radius 2 is 1.50 bits per heavy atom. The molecule has 12 heavy (non-hydrogen) atoms. The van der Waals surface area contributed by atoms with E-state index in [4.69, 9.17) is 31.4 Å². The first-order valence-corrected chi connectivity index (χ1v) is 4.47. The number of rotatable bonds is 5. The molecule has 0 unspecified atom stereocenters. The predicted octanol–water partition coefficient (Wildman–Crippen LogP) is 1.49. The van der Waals surface area contributed by atoms with Gasteiger partial charge in [0.15, 0.2) is 0 Å². The molecule has 4 heteroatoms. The zero-order valence-corrected chi connectivity index (χ0v) is 8.14. The summed E-state index contributed by atoms with van der Waals surface area (Å²) in [7, 11) is 22.8. The third-order valence-electron chi connectivity index (χ3n) is 2.20. The van der Waals surface area contributed by atoms with Crippen LogP contribution in [0.25, 0.3) is 0 Å². The van der Waals surface area contributed by atoms with Gasteiger partial charge in [-0.15, -0.1) is 10.4 Å². The van der Waals surface area contributed by atoms with Gasteiger partial charge in [0.05, 0.1) is 31.4 Å². The molecule has 0 saturated carbocycles. The molecule has 0 fully saturated rings. The van der Waals surface area contributed by atoms with Gasteiger partial charge in [0, 0.05) is 0 Å². The summed E-state index contributed by atoms with van der Waals surface area (Å²) in [6.07, 6.45) is 3.91. The summed E-state index contributed by atoms with van der Waals surface area (Å²) in [5, 5.41) is -1.96. The van der Waals surface area contributed by atoms with Crippen molar-refractivity contribution in [2.24, 2.45) is 0 Å². The Morgan fingerprint density at radius 1 is 1.00 bits per heavy atom. The molecule has 8 radical (unpaired) electrons. The van der Waals surface area contributed by atoms with Crippen LogP contribution in [0.3, 0.4) is 0 Å². The van der Waals surface area contributed by atoms with Crippen LogP contribution in [-0.2, 0) is 0 Å². The third-order valence-corrected chi connectivity index (χ3v) is 2.20. The van der Waals surface area contributed by atoms with Gasteiger partial charge in [-0.1, -0.05) is 39.5 Å². The van der Waals surface area contributed by atoms with Crippen LogP contribution in [0.4, 0.5) is 0 Å². The highest BCUT2D eigenvalue weighted by Gasteiger charge is 2.29. The van der Waals surface area contributed by atoms with Gasteiger partial charge in [0.2, 0.25) is 0 Å². The largest absolute Gasteiger partial charge is 0.111 e. The van der Waals surface area contributed by atoms with E-state index in [-0.39, 0.29) is 0 Å². The highest BCUT2D eigenvalue weighted by Crippen LogP contribution is 2.44. The Hall–Kier alpha value is 0.260. The van der Waals surface area contributed by atoms with Crippen LogP contribution in [-0.4, -0.2) is 31.4 Å². The van der Waals surface area contributed by atoms with Gasteiger partial charge in [0.25, 0.3) is 0 Å². The maximum absolute atomic E-state index is 5.76. The smallest absolute Gasteiger partial charge is 0.0608 e. The Balaban J connectivity index is 3.88. The van der Waals surface area contributed by atoms with E-state index < -0.39 is 10.4 Å². The maximum Gasteiger partial charge on any atom is 0.0608 e. The van der Waals surface area contributed by atoms with Crippen LogP contribution in [0.5, 0.6) is 0 Å². The summed E-state index contributed by atoms with van der Waals surface area (Å²) in [6, 6.07) is 0. The summed E-state index contributed by atoms with van der Waals surface area (Å²) in [5.74, 6) is 0. The fourth-order valence-corrected chi connectivity index (χ4v) is 0.937. The molecule has 0 amide bonds. The van der Waals surface area contributed by atoms with Gasteiger partial charge in [-0.3, -0.25) is 0 Å². The molecule has 0 aromatic heterocycles. The zero-order chi connectivity index (χ0) is 9.83. The molecule has 0 saturated heterocycles. The van der Waals surface area contributed by atoms with E-state index in [9.17, 15) is 0 Å². The first-order valence-electron chi connectivity index (χ1n) is 4.47. The SMILES string of the molecule is [B]C([B])(C)C([B])([B])CCCCC. The van der Waals surface area contributed by atoms with Crippen LogP contribution in [0.2, 0.25) is 10.4 Å². The van der Waals surface area contributed by atoms with Crippen LogP contribution < -0.4 is 0 Å². The number of hydrogen-bond donors (Lipinski definition) is 0. The standard InChI is InChI=1S/C8H14B4/c1-3-4-5-6-8(11,12)7(2,9)10/h3-6H2,1-2H3. The van der Waals surface area contributed by atoms with Gasteiger partial charge in [-0.2, -0.15) is 0 Å². The minimum atomic E-state index is -0.999. The summed E-state index contributed by atoms with van der Waals surface area (Å²) < 4.78 is 0. The van der Waals surface area contributed by atoms with Crippen LogP contribution in [0, 0.1) is 0 Å². The van der Waals surface area contributed by atoms with E-state index in [2.05, 4.69) is 6.92 Å². The first kappa shape index (κ1) is 12.3. The molecular formula is C8H14B4. The fraction of sp³-hybridized carbons (Fsp3) is 1.00. The van der Waals surface area contributed by atoms with E-state index in [0.29, 0.717) is 6.42 Å². The molecule has 0 rings (SSSR count). The normalized spacial score (nSPS) is 13.2. The molecule has 0 aliphatic heterocycles. The summed E-state index contributed by atoms with van der Waals surface area (Å²) >= 11 is 0. The van der Waals surface area contributed by atoms with E-state index in [1.165, 1.54) is 0 Å². The monoisotopic (exact) mass is 154 g/mol. The van der Waals surface area contributed by atoms with Crippen molar-refractivity contribution in [3.05, 3.63) is 0 Å². The molecule has 0 nitrogen and oxygen atoms in total. The van der Waals surface area contributed by atoms with Gasteiger partial charge in [-0.05, 0) is 0 Å². The molecule has 58 valence electrons. The predicted molar refractivity (Wildman–Crippen MR) is 58.2 cm³/mol. The number of unbranched alkanes of at least 4 members (excludes halogenated alkanes) is 2. The van der Waals surface area contributed by atoms with Crippen molar-refractivity contribution in [2.75, 3.05) is 0 Å². The second-order valence-electron chi connectivity index (χ2n) is 3.78.